The number of nitrogens with zero attached hydrogens (tertiary/aromatic N) is 1. The summed E-state index contributed by atoms with van der Waals surface area (Å²) in [5, 5.41) is 12.5. The molecule has 1 N–H and O–H groups in total. The molecule has 1 aliphatic carbocycles. The van der Waals surface area contributed by atoms with Crippen LogP contribution in [0.25, 0.3) is 0 Å². The number of benzene rings is 2. The largest absolute Gasteiger partial charge is 0.306 e. The van der Waals surface area contributed by atoms with Gasteiger partial charge in [-0.05, 0) is 42.0 Å². The van der Waals surface area contributed by atoms with Crippen molar-refractivity contribution in [3.63, 3.8) is 0 Å². The fourth-order valence-corrected chi connectivity index (χ4v) is 2.57. The SMILES string of the molecule is N#Cc1ccc(CNC(c2ccccc2)C2CC2)cc1. The normalized spacial score (nSPS) is 15.6. The van der Waals surface area contributed by atoms with E-state index in [0.717, 1.165) is 18.0 Å². The zero-order valence-corrected chi connectivity index (χ0v) is 11.4. The highest BCUT2D eigenvalue weighted by molar-refractivity contribution is 5.31. The van der Waals surface area contributed by atoms with Crippen molar-refractivity contribution >= 4 is 0 Å². The van der Waals surface area contributed by atoms with E-state index in [0.29, 0.717) is 6.04 Å². The molecule has 2 aromatic carbocycles. The smallest absolute Gasteiger partial charge is 0.0991 e. The van der Waals surface area contributed by atoms with Gasteiger partial charge in [-0.25, -0.2) is 0 Å². The Morgan fingerprint density at radius 1 is 1.05 bits per heavy atom. The van der Waals surface area contributed by atoms with Gasteiger partial charge in [0.2, 0.25) is 0 Å². The first-order chi connectivity index (χ1) is 9.86. The van der Waals surface area contributed by atoms with Crippen LogP contribution in [0, 0.1) is 17.2 Å². The van der Waals surface area contributed by atoms with Crippen molar-refractivity contribution in [1.29, 1.82) is 5.26 Å². The van der Waals surface area contributed by atoms with Crippen LogP contribution in [0.1, 0.15) is 35.6 Å². The Bertz CT molecular complexity index is 592. The molecule has 0 bridgehead atoms. The lowest BCUT2D eigenvalue weighted by molar-refractivity contribution is 0.480. The molecular weight excluding hydrogens is 244 g/mol. The topological polar surface area (TPSA) is 35.8 Å². The maximum Gasteiger partial charge on any atom is 0.0991 e. The average Bonchev–Trinajstić information content (AvgIpc) is 3.34. The molecule has 0 heterocycles. The molecule has 0 spiro atoms. The van der Waals surface area contributed by atoms with E-state index in [4.69, 9.17) is 5.26 Å². The minimum Gasteiger partial charge on any atom is -0.306 e. The molecule has 2 heteroatoms. The third kappa shape index (κ3) is 3.07. The fourth-order valence-electron chi connectivity index (χ4n) is 2.57. The molecule has 2 aromatic rings. The molecule has 0 radical (unpaired) electrons. The number of hydrogen-bond acceptors (Lipinski definition) is 2. The van der Waals surface area contributed by atoms with E-state index >= 15 is 0 Å². The summed E-state index contributed by atoms with van der Waals surface area (Å²) < 4.78 is 0. The summed E-state index contributed by atoms with van der Waals surface area (Å²) in [6.45, 7) is 0.849. The van der Waals surface area contributed by atoms with Crippen LogP contribution in [0.3, 0.4) is 0 Å². The van der Waals surface area contributed by atoms with E-state index in [-0.39, 0.29) is 0 Å². The number of nitriles is 1. The summed E-state index contributed by atoms with van der Waals surface area (Å²) in [5.41, 5.74) is 3.32. The molecule has 0 aromatic heterocycles. The second-order valence-electron chi connectivity index (χ2n) is 5.42. The molecule has 0 saturated heterocycles. The molecule has 1 unspecified atom stereocenters. The Morgan fingerprint density at radius 3 is 2.35 bits per heavy atom. The summed E-state index contributed by atoms with van der Waals surface area (Å²) in [6, 6.07) is 21.1. The minimum absolute atomic E-state index is 0.451. The number of nitrogens with one attached hydrogen (secondary N) is 1. The second kappa shape index (κ2) is 5.90. The van der Waals surface area contributed by atoms with Crippen LogP contribution in [0.15, 0.2) is 54.6 Å². The predicted molar refractivity (Wildman–Crippen MR) is 79.9 cm³/mol. The van der Waals surface area contributed by atoms with Gasteiger partial charge in [0.05, 0.1) is 11.6 Å². The average molecular weight is 262 g/mol. The third-order valence-electron chi connectivity index (χ3n) is 3.86. The highest BCUT2D eigenvalue weighted by atomic mass is 14.9. The van der Waals surface area contributed by atoms with Gasteiger partial charge in [-0.15, -0.1) is 0 Å². The summed E-state index contributed by atoms with van der Waals surface area (Å²) >= 11 is 0. The summed E-state index contributed by atoms with van der Waals surface area (Å²) in [6.07, 6.45) is 2.64. The van der Waals surface area contributed by atoms with Crippen LogP contribution in [-0.2, 0) is 6.54 Å². The van der Waals surface area contributed by atoms with Gasteiger partial charge in [-0.1, -0.05) is 42.5 Å². The molecule has 1 saturated carbocycles. The van der Waals surface area contributed by atoms with E-state index in [1.54, 1.807) is 0 Å². The summed E-state index contributed by atoms with van der Waals surface area (Å²) in [7, 11) is 0. The number of rotatable bonds is 5. The Morgan fingerprint density at radius 2 is 1.75 bits per heavy atom. The van der Waals surface area contributed by atoms with Gasteiger partial charge < -0.3 is 5.32 Å². The van der Waals surface area contributed by atoms with Crippen LogP contribution < -0.4 is 5.32 Å². The van der Waals surface area contributed by atoms with Crippen LogP contribution >= 0.6 is 0 Å². The van der Waals surface area contributed by atoms with E-state index in [1.165, 1.54) is 24.0 Å². The summed E-state index contributed by atoms with van der Waals surface area (Å²) in [4.78, 5) is 0. The zero-order valence-electron chi connectivity index (χ0n) is 11.4. The molecule has 1 fully saturated rings. The summed E-state index contributed by atoms with van der Waals surface area (Å²) in [5.74, 6) is 0.774. The lowest BCUT2D eigenvalue weighted by Gasteiger charge is -2.19. The van der Waals surface area contributed by atoms with Crippen LogP contribution in [0.4, 0.5) is 0 Å². The second-order valence-corrected chi connectivity index (χ2v) is 5.42. The van der Waals surface area contributed by atoms with Gasteiger partial charge in [0.15, 0.2) is 0 Å². The van der Waals surface area contributed by atoms with Crippen molar-refractivity contribution in [3.05, 3.63) is 71.3 Å². The first kappa shape index (κ1) is 12.9. The van der Waals surface area contributed by atoms with Crippen molar-refractivity contribution in [3.8, 4) is 6.07 Å². The lowest BCUT2D eigenvalue weighted by Crippen LogP contribution is -2.22. The zero-order chi connectivity index (χ0) is 13.8. The molecule has 20 heavy (non-hydrogen) atoms. The Kier molecular flexibility index (Phi) is 3.80. The Labute approximate surface area is 120 Å². The van der Waals surface area contributed by atoms with Gasteiger partial charge in [-0.3, -0.25) is 0 Å². The molecule has 2 nitrogen and oxygen atoms in total. The number of hydrogen-bond donors (Lipinski definition) is 1. The van der Waals surface area contributed by atoms with E-state index in [2.05, 4.69) is 41.7 Å². The van der Waals surface area contributed by atoms with Crippen LogP contribution in [0.5, 0.6) is 0 Å². The Balaban J connectivity index is 1.67. The molecule has 0 aliphatic heterocycles. The minimum atomic E-state index is 0.451. The molecule has 3 rings (SSSR count). The van der Waals surface area contributed by atoms with Gasteiger partial charge in [0, 0.05) is 12.6 Å². The van der Waals surface area contributed by atoms with Crippen molar-refractivity contribution in [2.75, 3.05) is 0 Å². The van der Waals surface area contributed by atoms with Gasteiger partial charge >= 0.3 is 0 Å². The van der Waals surface area contributed by atoms with E-state index in [1.807, 2.05) is 24.3 Å². The van der Waals surface area contributed by atoms with Crippen molar-refractivity contribution in [1.82, 2.24) is 5.32 Å². The monoisotopic (exact) mass is 262 g/mol. The fraction of sp³-hybridized carbons (Fsp3) is 0.278. The predicted octanol–water partition coefficient (Wildman–Crippen LogP) is 3.80. The van der Waals surface area contributed by atoms with Crippen LogP contribution in [0.2, 0.25) is 0 Å². The quantitative estimate of drug-likeness (QED) is 0.889. The van der Waals surface area contributed by atoms with E-state index < -0.39 is 0 Å². The van der Waals surface area contributed by atoms with Gasteiger partial charge in [0.25, 0.3) is 0 Å². The van der Waals surface area contributed by atoms with Gasteiger partial charge in [-0.2, -0.15) is 5.26 Å². The van der Waals surface area contributed by atoms with Gasteiger partial charge in [0.1, 0.15) is 0 Å². The molecule has 1 aliphatic rings. The van der Waals surface area contributed by atoms with Crippen molar-refractivity contribution in [2.45, 2.75) is 25.4 Å². The first-order valence-corrected chi connectivity index (χ1v) is 7.14. The lowest BCUT2D eigenvalue weighted by atomic mass is 10.0. The van der Waals surface area contributed by atoms with E-state index in [9.17, 15) is 0 Å². The molecular formula is C18H18N2. The Hall–Kier alpha value is -2.11. The first-order valence-electron chi connectivity index (χ1n) is 7.14. The third-order valence-corrected chi connectivity index (χ3v) is 3.86. The van der Waals surface area contributed by atoms with Crippen molar-refractivity contribution in [2.24, 2.45) is 5.92 Å². The van der Waals surface area contributed by atoms with Crippen molar-refractivity contribution < 1.29 is 0 Å². The maximum atomic E-state index is 8.81. The van der Waals surface area contributed by atoms with Crippen LogP contribution in [-0.4, -0.2) is 0 Å². The highest BCUT2D eigenvalue weighted by Crippen LogP contribution is 2.41. The highest BCUT2D eigenvalue weighted by Gasteiger charge is 2.31. The standard InChI is InChI=1S/C18H18N2/c19-12-14-6-8-15(9-7-14)13-20-18(17-10-11-17)16-4-2-1-3-5-16/h1-9,17-18,20H,10-11,13H2. The molecule has 0 amide bonds. The molecule has 100 valence electrons. The maximum absolute atomic E-state index is 8.81. The molecule has 1 atom stereocenters.